The van der Waals surface area contributed by atoms with E-state index in [1.54, 1.807) is 0 Å². The Morgan fingerprint density at radius 2 is 1.86 bits per heavy atom. The second-order valence-corrected chi connectivity index (χ2v) is 5.90. The molecule has 5 heteroatoms. The molecule has 1 N–H and O–H groups in total. The molecule has 114 valence electrons. The molecule has 2 aliphatic heterocycles. The summed E-state index contributed by atoms with van der Waals surface area (Å²) < 4.78 is 16.5. The van der Waals surface area contributed by atoms with Crippen LogP contribution in [-0.4, -0.2) is 19.4 Å². The van der Waals surface area contributed by atoms with Crippen LogP contribution in [0.2, 0.25) is 5.02 Å². The molecule has 0 spiro atoms. The van der Waals surface area contributed by atoms with Gasteiger partial charge in [0.2, 0.25) is 6.79 Å². The molecule has 22 heavy (non-hydrogen) atoms. The van der Waals surface area contributed by atoms with Gasteiger partial charge < -0.3 is 19.5 Å². The molecule has 4 nitrogen and oxygen atoms in total. The lowest BCUT2D eigenvalue weighted by Gasteiger charge is -2.26. The van der Waals surface area contributed by atoms with Crippen LogP contribution in [0, 0.1) is 0 Å². The molecule has 4 rings (SSSR count). The van der Waals surface area contributed by atoms with E-state index in [-0.39, 0.29) is 12.8 Å². The van der Waals surface area contributed by atoms with Crippen LogP contribution < -0.4 is 19.5 Å². The molecular formula is C17H16ClNO3. The predicted molar refractivity (Wildman–Crippen MR) is 83.8 cm³/mol. The molecule has 0 unspecified atom stereocenters. The molecule has 2 aromatic rings. The topological polar surface area (TPSA) is 39.7 Å². The van der Waals surface area contributed by atoms with Crippen LogP contribution in [0.25, 0.3) is 0 Å². The average molecular weight is 318 g/mol. The lowest BCUT2D eigenvalue weighted by molar-refractivity contribution is 0.174. The smallest absolute Gasteiger partial charge is 0.231 e. The van der Waals surface area contributed by atoms with E-state index < -0.39 is 0 Å². The van der Waals surface area contributed by atoms with Gasteiger partial charge >= 0.3 is 0 Å². The van der Waals surface area contributed by atoms with E-state index in [1.807, 2.05) is 30.3 Å². The normalized spacial score (nSPS) is 18.7. The fourth-order valence-corrected chi connectivity index (χ4v) is 3.03. The fraction of sp³-hybridized carbons (Fsp3) is 0.294. The third-order valence-corrected chi connectivity index (χ3v) is 4.35. The number of fused-ring (bicyclic) bond motifs is 2. The Kier molecular flexibility index (Phi) is 3.56. The van der Waals surface area contributed by atoms with E-state index in [1.165, 1.54) is 5.56 Å². The summed E-state index contributed by atoms with van der Waals surface area (Å²) in [6.45, 7) is 1.60. The number of halogens is 1. The maximum Gasteiger partial charge on any atom is 0.231 e. The van der Waals surface area contributed by atoms with E-state index >= 15 is 0 Å². The van der Waals surface area contributed by atoms with E-state index in [0.717, 1.165) is 23.5 Å². The minimum absolute atomic E-state index is 0.260. The van der Waals surface area contributed by atoms with Crippen LogP contribution in [0.15, 0.2) is 36.4 Å². The number of hydrogen-bond acceptors (Lipinski definition) is 4. The Morgan fingerprint density at radius 3 is 2.77 bits per heavy atom. The Bertz CT molecular complexity index is 704. The number of nitrogens with one attached hydrogen (secondary N) is 1. The van der Waals surface area contributed by atoms with Crippen molar-refractivity contribution in [3.8, 4) is 17.2 Å². The van der Waals surface area contributed by atoms with Crippen LogP contribution in [-0.2, 0) is 13.0 Å². The summed E-state index contributed by atoms with van der Waals surface area (Å²) in [6, 6.07) is 12.2. The number of rotatable bonds is 3. The maximum atomic E-state index is 6.30. The van der Waals surface area contributed by atoms with Crippen LogP contribution >= 0.6 is 11.6 Å². The first kappa shape index (κ1) is 13.7. The van der Waals surface area contributed by atoms with E-state index in [9.17, 15) is 0 Å². The zero-order valence-corrected chi connectivity index (χ0v) is 12.7. The lowest BCUT2D eigenvalue weighted by atomic mass is 10.0. The van der Waals surface area contributed by atoms with E-state index in [4.69, 9.17) is 25.8 Å². The summed E-state index contributed by atoms with van der Waals surface area (Å²) in [5.41, 5.74) is 2.24. The molecule has 0 aromatic heterocycles. The molecule has 2 aliphatic rings. The van der Waals surface area contributed by atoms with Gasteiger partial charge in [-0.3, -0.25) is 0 Å². The van der Waals surface area contributed by atoms with Crippen molar-refractivity contribution < 1.29 is 14.2 Å². The third kappa shape index (κ3) is 2.60. The number of hydrogen-bond donors (Lipinski definition) is 1. The van der Waals surface area contributed by atoms with Crippen LogP contribution in [0.5, 0.6) is 17.2 Å². The highest BCUT2D eigenvalue weighted by Gasteiger charge is 2.20. The van der Waals surface area contributed by atoms with E-state index in [0.29, 0.717) is 23.9 Å². The zero-order valence-electron chi connectivity index (χ0n) is 12.0. The summed E-state index contributed by atoms with van der Waals surface area (Å²) in [7, 11) is 0. The summed E-state index contributed by atoms with van der Waals surface area (Å²) in [5, 5.41) is 4.19. The molecule has 0 amide bonds. The predicted octanol–water partition coefficient (Wildman–Crippen LogP) is 3.16. The SMILES string of the molecule is Clc1cc2c(cc1CN[C@H]1COc3ccccc3C1)OCO2. The summed E-state index contributed by atoms with van der Waals surface area (Å²) in [4.78, 5) is 0. The molecule has 0 saturated heterocycles. The summed E-state index contributed by atoms with van der Waals surface area (Å²) in [5.74, 6) is 2.46. The number of ether oxygens (including phenoxy) is 3. The van der Waals surface area contributed by atoms with Crippen LogP contribution in [0.4, 0.5) is 0 Å². The Labute approximate surface area is 133 Å². The third-order valence-electron chi connectivity index (χ3n) is 4.00. The quantitative estimate of drug-likeness (QED) is 0.944. The van der Waals surface area contributed by atoms with Crippen LogP contribution in [0.1, 0.15) is 11.1 Å². The molecule has 0 saturated carbocycles. The summed E-state index contributed by atoms with van der Waals surface area (Å²) >= 11 is 6.30. The Balaban J connectivity index is 1.44. The van der Waals surface area contributed by atoms with Crippen molar-refractivity contribution in [1.82, 2.24) is 5.32 Å². The highest BCUT2D eigenvalue weighted by atomic mass is 35.5. The van der Waals surface area contributed by atoms with Crippen molar-refractivity contribution in [1.29, 1.82) is 0 Å². The number of para-hydroxylation sites is 1. The highest BCUT2D eigenvalue weighted by Crippen LogP contribution is 2.36. The molecular weight excluding hydrogens is 302 g/mol. The number of benzene rings is 2. The largest absolute Gasteiger partial charge is 0.492 e. The molecule has 2 heterocycles. The molecule has 0 radical (unpaired) electrons. The van der Waals surface area contributed by atoms with Gasteiger partial charge in [-0.1, -0.05) is 29.8 Å². The first-order valence-corrected chi connectivity index (χ1v) is 7.69. The molecule has 1 atom stereocenters. The zero-order chi connectivity index (χ0) is 14.9. The van der Waals surface area contributed by atoms with Crippen LogP contribution in [0.3, 0.4) is 0 Å². The standard InChI is InChI=1S/C17H16ClNO3/c18-14-7-17-16(21-10-22-17)6-12(14)8-19-13-5-11-3-1-2-4-15(11)20-9-13/h1-4,6-7,13,19H,5,8-10H2/t13-/m1/s1. The Morgan fingerprint density at radius 1 is 1.05 bits per heavy atom. The molecule has 0 bridgehead atoms. The molecule has 2 aromatic carbocycles. The fourth-order valence-electron chi connectivity index (χ4n) is 2.81. The first-order valence-electron chi connectivity index (χ1n) is 7.32. The highest BCUT2D eigenvalue weighted by molar-refractivity contribution is 6.31. The van der Waals surface area contributed by atoms with Crippen molar-refractivity contribution >= 4 is 11.6 Å². The van der Waals surface area contributed by atoms with Gasteiger partial charge in [-0.15, -0.1) is 0 Å². The van der Waals surface area contributed by atoms with E-state index in [2.05, 4.69) is 11.4 Å². The van der Waals surface area contributed by atoms with Crippen molar-refractivity contribution in [2.75, 3.05) is 13.4 Å². The second kappa shape index (κ2) is 5.71. The van der Waals surface area contributed by atoms with Crippen molar-refractivity contribution in [2.45, 2.75) is 19.0 Å². The van der Waals surface area contributed by atoms with Gasteiger partial charge in [0.15, 0.2) is 11.5 Å². The monoisotopic (exact) mass is 317 g/mol. The van der Waals surface area contributed by atoms with Crippen molar-refractivity contribution in [3.63, 3.8) is 0 Å². The summed E-state index contributed by atoms with van der Waals surface area (Å²) in [6.07, 6.45) is 0.957. The van der Waals surface area contributed by atoms with Gasteiger partial charge in [-0.2, -0.15) is 0 Å². The maximum absolute atomic E-state index is 6.30. The van der Waals surface area contributed by atoms with Crippen molar-refractivity contribution in [2.24, 2.45) is 0 Å². The van der Waals surface area contributed by atoms with Gasteiger partial charge in [0, 0.05) is 23.7 Å². The average Bonchev–Trinajstić information content (AvgIpc) is 2.99. The lowest BCUT2D eigenvalue weighted by Crippen LogP contribution is -2.38. The Hall–Kier alpha value is -1.91. The minimum atomic E-state index is 0.260. The minimum Gasteiger partial charge on any atom is -0.492 e. The van der Waals surface area contributed by atoms with Gasteiger partial charge in [0.25, 0.3) is 0 Å². The first-order chi connectivity index (χ1) is 10.8. The van der Waals surface area contributed by atoms with Gasteiger partial charge in [-0.25, -0.2) is 0 Å². The molecule has 0 aliphatic carbocycles. The van der Waals surface area contributed by atoms with Gasteiger partial charge in [-0.05, 0) is 29.7 Å². The van der Waals surface area contributed by atoms with Crippen molar-refractivity contribution in [3.05, 3.63) is 52.5 Å². The van der Waals surface area contributed by atoms with Gasteiger partial charge in [0.1, 0.15) is 12.4 Å². The van der Waals surface area contributed by atoms with Gasteiger partial charge in [0.05, 0.1) is 0 Å². The second-order valence-electron chi connectivity index (χ2n) is 5.50. The molecule has 0 fully saturated rings.